The fourth-order valence-electron chi connectivity index (χ4n) is 2.57. The van der Waals surface area contributed by atoms with Crippen molar-refractivity contribution < 1.29 is 0 Å². The molecule has 1 aromatic carbocycles. The van der Waals surface area contributed by atoms with Crippen LogP contribution >= 0.6 is 0 Å². The van der Waals surface area contributed by atoms with Crippen LogP contribution in [0.1, 0.15) is 58.9 Å². The minimum absolute atomic E-state index is 0.150. The molecule has 0 heterocycles. The molecule has 0 bridgehead atoms. The summed E-state index contributed by atoms with van der Waals surface area (Å²) < 4.78 is 0. The van der Waals surface area contributed by atoms with Gasteiger partial charge in [-0.1, -0.05) is 59.1 Å². The van der Waals surface area contributed by atoms with E-state index in [4.69, 9.17) is 5.73 Å². The highest BCUT2D eigenvalue weighted by Crippen LogP contribution is 2.23. The SMILES string of the molecule is CCCCC(CC)CNCC(C)(C)c1ccc(N)cc1. The van der Waals surface area contributed by atoms with Crippen molar-refractivity contribution in [3.8, 4) is 0 Å². The average Bonchev–Trinajstić information content (AvgIpc) is 2.43. The topological polar surface area (TPSA) is 38.0 Å². The molecule has 2 nitrogen and oxygen atoms in total. The Labute approximate surface area is 125 Å². The maximum absolute atomic E-state index is 5.76. The van der Waals surface area contributed by atoms with Crippen molar-refractivity contribution in [3.63, 3.8) is 0 Å². The number of nitrogens with two attached hydrogens (primary N) is 1. The van der Waals surface area contributed by atoms with E-state index < -0.39 is 0 Å². The zero-order valence-corrected chi connectivity index (χ0v) is 13.7. The second-order valence-corrected chi connectivity index (χ2v) is 6.55. The number of nitrogens with one attached hydrogen (secondary N) is 1. The van der Waals surface area contributed by atoms with E-state index in [2.05, 4.69) is 45.1 Å². The molecule has 0 radical (unpaired) electrons. The predicted molar refractivity (Wildman–Crippen MR) is 90.1 cm³/mol. The van der Waals surface area contributed by atoms with E-state index in [-0.39, 0.29) is 5.41 Å². The van der Waals surface area contributed by atoms with Gasteiger partial charge in [-0.05, 0) is 36.6 Å². The first-order valence-corrected chi connectivity index (χ1v) is 8.06. The highest BCUT2D eigenvalue weighted by atomic mass is 14.9. The molecule has 0 saturated carbocycles. The van der Waals surface area contributed by atoms with E-state index in [1.54, 1.807) is 0 Å². The van der Waals surface area contributed by atoms with Gasteiger partial charge in [-0.2, -0.15) is 0 Å². The Bertz CT molecular complexity index is 368. The number of nitrogen functional groups attached to an aromatic ring is 1. The number of benzene rings is 1. The molecule has 0 aliphatic carbocycles. The lowest BCUT2D eigenvalue weighted by atomic mass is 9.84. The zero-order chi connectivity index (χ0) is 15.0. The summed E-state index contributed by atoms with van der Waals surface area (Å²) in [6, 6.07) is 8.27. The zero-order valence-electron chi connectivity index (χ0n) is 13.7. The maximum atomic E-state index is 5.76. The second kappa shape index (κ2) is 8.31. The standard InChI is InChI=1S/C18H32N2/c1-5-7-8-15(6-2)13-20-14-18(3,4)16-9-11-17(19)12-10-16/h9-12,15,20H,5-8,13-14,19H2,1-4H3. The largest absolute Gasteiger partial charge is 0.399 e. The van der Waals surface area contributed by atoms with E-state index in [0.29, 0.717) is 0 Å². The lowest BCUT2D eigenvalue weighted by molar-refractivity contribution is 0.387. The number of unbranched alkanes of at least 4 members (excludes halogenated alkanes) is 1. The van der Waals surface area contributed by atoms with Crippen molar-refractivity contribution in [2.75, 3.05) is 18.8 Å². The Morgan fingerprint density at radius 3 is 2.35 bits per heavy atom. The fraction of sp³-hybridized carbons (Fsp3) is 0.667. The van der Waals surface area contributed by atoms with Crippen LogP contribution in [-0.2, 0) is 5.41 Å². The second-order valence-electron chi connectivity index (χ2n) is 6.55. The van der Waals surface area contributed by atoms with E-state index in [0.717, 1.165) is 24.7 Å². The number of hydrogen-bond acceptors (Lipinski definition) is 2. The van der Waals surface area contributed by atoms with Gasteiger partial charge in [-0.25, -0.2) is 0 Å². The van der Waals surface area contributed by atoms with Gasteiger partial charge >= 0.3 is 0 Å². The van der Waals surface area contributed by atoms with E-state index in [1.807, 2.05) is 12.1 Å². The van der Waals surface area contributed by atoms with Crippen LogP contribution in [-0.4, -0.2) is 13.1 Å². The van der Waals surface area contributed by atoms with Gasteiger partial charge in [-0.15, -0.1) is 0 Å². The molecular formula is C18H32N2. The summed E-state index contributed by atoms with van der Waals surface area (Å²) in [4.78, 5) is 0. The van der Waals surface area contributed by atoms with Crippen LogP contribution in [0.5, 0.6) is 0 Å². The molecule has 1 rings (SSSR count). The van der Waals surface area contributed by atoms with Gasteiger partial charge in [0.2, 0.25) is 0 Å². The van der Waals surface area contributed by atoms with Gasteiger partial charge in [0.05, 0.1) is 0 Å². The molecule has 0 aromatic heterocycles. The molecule has 114 valence electrons. The minimum Gasteiger partial charge on any atom is -0.399 e. The Morgan fingerprint density at radius 1 is 1.15 bits per heavy atom. The molecule has 20 heavy (non-hydrogen) atoms. The van der Waals surface area contributed by atoms with Crippen LogP contribution in [0.4, 0.5) is 5.69 Å². The van der Waals surface area contributed by atoms with Crippen molar-refractivity contribution in [2.45, 2.75) is 58.8 Å². The molecule has 0 saturated heterocycles. The van der Waals surface area contributed by atoms with Gasteiger partial charge in [0.25, 0.3) is 0 Å². The lowest BCUT2D eigenvalue weighted by Crippen LogP contribution is -2.35. The smallest absolute Gasteiger partial charge is 0.0314 e. The number of rotatable bonds is 9. The highest BCUT2D eigenvalue weighted by molar-refractivity contribution is 5.41. The van der Waals surface area contributed by atoms with E-state index in [9.17, 15) is 0 Å². The van der Waals surface area contributed by atoms with Crippen molar-refractivity contribution >= 4 is 5.69 Å². The molecule has 1 aromatic rings. The molecule has 0 aliphatic heterocycles. The van der Waals surface area contributed by atoms with Crippen molar-refractivity contribution in [1.82, 2.24) is 5.32 Å². The van der Waals surface area contributed by atoms with Crippen LogP contribution in [0, 0.1) is 5.92 Å². The predicted octanol–water partition coefficient (Wildman–Crippen LogP) is 4.35. The highest BCUT2D eigenvalue weighted by Gasteiger charge is 2.20. The number of anilines is 1. The first-order chi connectivity index (χ1) is 9.49. The van der Waals surface area contributed by atoms with Crippen LogP contribution in [0.3, 0.4) is 0 Å². The summed E-state index contributed by atoms with van der Waals surface area (Å²) >= 11 is 0. The van der Waals surface area contributed by atoms with Crippen LogP contribution in [0.15, 0.2) is 24.3 Å². The molecule has 2 heteroatoms. The van der Waals surface area contributed by atoms with Gasteiger partial charge in [0, 0.05) is 17.6 Å². The molecule has 0 spiro atoms. The first kappa shape index (κ1) is 17.0. The van der Waals surface area contributed by atoms with Crippen LogP contribution in [0.2, 0.25) is 0 Å². The Balaban J connectivity index is 2.44. The molecule has 0 amide bonds. The molecule has 0 fully saturated rings. The third-order valence-corrected chi connectivity index (χ3v) is 4.24. The molecule has 3 N–H and O–H groups in total. The third kappa shape index (κ3) is 5.54. The summed E-state index contributed by atoms with van der Waals surface area (Å²) in [5.74, 6) is 0.817. The van der Waals surface area contributed by atoms with E-state index in [1.165, 1.54) is 31.2 Å². The molecule has 1 atom stereocenters. The monoisotopic (exact) mass is 276 g/mol. The Hall–Kier alpha value is -1.02. The normalized spacial score (nSPS) is 13.4. The van der Waals surface area contributed by atoms with E-state index >= 15 is 0 Å². The first-order valence-electron chi connectivity index (χ1n) is 8.06. The van der Waals surface area contributed by atoms with Gasteiger partial charge < -0.3 is 11.1 Å². The molecular weight excluding hydrogens is 244 g/mol. The number of hydrogen-bond donors (Lipinski definition) is 2. The van der Waals surface area contributed by atoms with Gasteiger partial charge in [-0.3, -0.25) is 0 Å². The van der Waals surface area contributed by atoms with Crippen LogP contribution < -0.4 is 11.1 Å². The Kier molecular flexibility index (Phi) is 7.08. The third-order valence-electron chi connectivity index (χ3n) is 4.24. The summed E-state index contributed by atoms with van der Waals surface area (Å²) in [6.07, 6.45) is 5.27. The van der Waals surface area contributed by atoms with Crippen molar-refractivity contribution in [1.29, 1.82) is 0 Å². The van der Waals surface area contributed by atoms with Crippen molar-refractivity contribution in [2.24, 2.45) is 5.92 Å². The summed E-state index contributed by atoms with van der Waals surface area (Å²) in [7, 11) is 0. The fourth-order valence-corrected chi connectivity index (χ4v) is 2.57. The average molecular weight is 276 g/mol. The maximum Gasteiger partial charge on any atom is 0.0314 e. The minimum atomic E-state index is 0.150. The molecule has 0 aliphatic rings. The Morgan fingerprint density at radius 2 is 1.80 bits per heavy atom. The lowest BCUT2D eigenvalue weighted by Gasteiger charge is -2.27. The van der Waals surface area contributed by atoms with Gasteiger partial charge in [0.15, 0.2) is 0 Å². The summed E-state index contributed by atoms with van der Waals surface area (Å²) in [5, 5.41) is 3.67. The van der Waals surface area contributed by atoms with Gasteiger partial charge in [0.1, 0.15) is 0 Å². The quantitative estimate of drug-likeness (QED) is 0.658. The summed E-state index contributed by atoms with van der Waals surface area (Å²) in [6.45, 7) is 11.3. The summed E-state index contributed by atoms with van der Waals surface area (Å²) in [5.41, 5.74) is 8.09. The van der Waals surface area contributed by atoms with Crippen LogP contribution in [0.25, 0.3) is 0 Å². The van der Waals surface area contributed by atoms with Crippen molar-refractivity contribution in [3.05, 3.63) is 29.8 Å². The molecule has 1 unspecified atom stereocenters.